The minimum atomic E-state index is -3.99. The van der Waals surface area contributed by atoms with E-state index in [9.17, 15) is 21.9 Å². The minimum Gasteiger partial charge on any atom is -0.386 e. The van der Waals surface area contributed by atoms with Crippen molar-refractivity contribution < 1.29 is 21.9 Å². The predicted octanol–water partition coefficient (Wildman–Crippen LogP) is 1.46. The molecule has 0 bridgehead atoms. The van der Waals surface area contributed by atoms with Gasteiger partial charge in [-0.05, 0) is 37.7 Å². The van der Waals surface area contributed by atoms with Gasteiger partial charge >= 0.3 is 0 Å². The van der Waals surface area contributed by atoms with Crippen LogP contribution in [0.25, 0.3) is 0 Å². The molecule has 2 aromatic carbocycles. The number of aliphatic hydroxyl groups is 1. The molecule has 0 radical (unpaired) electrons. The molecule has 11 heteroatoms. The summed E-state index contributed by atoms with van der Waals surface area (Å²) >= 11 is 1.06. The fourth-order valence-corrected chi connectivity index (χ4v) is 6.11. The predicted molar refractivity (Wildman–Crippen MR) is 107 cm³/mol. The highest BCUT2D eigenvalue weighted by Crippen LogP contribution is 2.34. The Morgan fingerprint density at radius 2 is 1.86 bits per heavy atom. The Balaban J connectivity index is 1.92. The third kappa shape index (κ3) is 4.23. The van der Waals surface area contributed by atoms with Gasteiger partial charge in [-0.15, -0.1) is 0 Å². The number of sulfonamides is 2. The molecular weight excluding hydrogens is 422 g/mol. The van der Waals surface area contributed by atoms with Crippen molar-refractivity contribution >= 4 is 37.0 Å². The van der Waals surface area contributed by atoms with Crippen LogP contribution < -0.4 is 9.44 Å². The molecule has 2 unspecified atom stereocenters. The molecule has 28 heavy (non-hydrogen) atoms. The smallest absolute Gasteiger partial charge is 0.264 e. The summed E-state index contributed by atoms with van der Waals surface area (Å²) in [6.45, 7) is 1.68. The van der Waals surface area contributed by atoms with E-state index in [1.54, 1.807) is 31.2 Å². The van der Waals surface area contributed by atoms with Crippen LogP contribution in [0, 0.1) is 0 Å². The lowest BCUT2D eigenvalue weighted by molar-refractivity contribution is 0.154. The van der Waals surface area contributed by atoms with Crippen molar-refractivity contribution in [3.63, 3.8) is 0 Å². The van der Waals surface area contributed by atoms with Crippen LogP contribution in [0.1, 0.15) is 18.6 Å². The van der Waals surface area contributed by atoms with Crippen molar-refractivity contribution in [1.29, 1.82) is 0 Å². The van der Waals surface area contributed by atoms with Crippen LogP contribution in [0.5, 0.6) is 0 Å². The number of nitrogens with zero attached hydrogens (tertiary/aromatic N) is 1. The van der Waals surface area contributed by atoms with Crippen LogP contribution in [-0.2, 0) is 20.0 Å². The number of thioether (sulfide) groups is 1. The maximum absolute atomic E-state index is 12.6. The lowest BCUT2D eigenvalue weighted by Crippen LogP contribution is -2.34. The fourth-order valence-electron chi connectivity index (χ4n) is 2.60. The highest BCUT2D eigenvalue weighted by molar-refractivity contribution is 8.16. The van der Waals surface area contributed by atoms with E-state index < -0.39 is 32.2 Å². The van der Waals surface area contributed by atoms with Crippen molar-refractivity contribution in [3.8, 4) is 0 Å². The number of aliphatic hydroxyl groups excluding tert-OH is 1. The maximum Gasteiger partial charge on any atom is 0.264 e. The van der Waals surface area contributed by atoms with Crippen molar-refractivity contribution in [1.82, 2.24) is 9.44 Å². The third-order valence-corrected chi connectivity index (χ3v) is 8.16. The lowest BCUT2D eigenvalue weighted by Gasteiger charge is -2.22. The second-order valence-corrected chi connectivity index (χ2v) is 10.6. The molecule has 2 atom stereocenters. The molecule has 1 heterocycles. The normalized spacial score (nSPS) is 19.5. The van der Waals surface area contributed by atoms with E-state index in [1.165, 1.54) is 19.2 Å². The van der Waals surface area contributed by atoms with Crippen LogP contribution in [0.4, 0.5) is 0 Å². The molecule has 0 aromatic heterocycles. The van der Waals surface area contributed by atoms with Gasteiger partial charge in [-0.2, -0.15) is 0 Å². The van der Waals surface area contributed by atoms with Crippen LogP contribution in [0.3, 0.4) is 0 Å². The molecule has 0 amide bonds. The number of fused-ring (bicyclic) bond motifs is 1. The van der Waals surface area contributed by atoms with E-state index in [1.807, 2.05) is 6.07 Å². The zero-order valence-corrected chi connectivity index (χ0v) is 17.5. The lowest BCUT2D eigenvalue weighted by atomic mass is 10.0. The quantitative estimate of drug-likeness (QED) is 0.645. The largest absolute Gasteiger partial charge is 0.386 e. The highest BCUT2D eigenvalue weighted by Gasteiger charge is 2.30. The van der Waals surface area contributed by atoms with Gasteiger partial charge in [0, 0.05) is 4.90 Å². The second kappa shape index (κ2) is 7.84. The van der Waals surface area contributed by atoms with Gasteiger partial charge in [-0.25, -0.2) is 21.6 Å². The molecule has 3 N–H and O–H groups in total. The Kier molecular flexibility index (Phi) is 5.82. The first-order valence-corrected chi connectivity index (χ1v) is 12.0. The zero-order valence-electron chi connectivity index (χ0n) is 15.0. The van der Waals surface area contributed by atoms with Gasteiger partial charge in [0.2, 0.25) is 10.0 Å². The molecule has 1 aliphatic rings. The van der Waals surface area contributed by atoms with Gasteiger partial charge in [0.25, 0.3) is 10.0 Å². The Morgan fingerprint density at radius 1 is 1.18 bits per heavy atom. The summed E-state index contributed by atoms with van der Waals surface area (Å²) in [6.07, 6.45) is -0.900. The monoisotopic (exact) mass is 441 g/mol. The van der Waals surface area contributed by atoms with Gasteiger partial charge in [0.1, 0.15) is 11.0 Å². The summed E-state index contributed by atoms with van der Waals surface area (Å²) < 4.78 is 53.5. The fraction of sp³-hybridized carbons (Fsp3) is 0.235. The minimum absolute atomic E-state index is 0.110. The zero-order chi connectivity index (χ0) is 20.5. The molecule has 8 nitrogen and oxygen atoms in total. The summed E-state index contributed by atoms with van der Waals surface area (Å²) in [6, 6.07) is 12.2. The number of aliphatic imine (C=N–C) groups is 1. The summed E-state index contributed by atoms with van der Waals surface area (Å²) in [5.74, 6) is 0. The van der Waals surface area contributed by atoms with Crippen LogP contribution in [0.15, 0.2) is 68.2 Å². The first-order valence-electron chi connectivity index (χ1n) is 8.23. The van der Waals surface area contributed by atoms with E-state index in [4.69, 9.17) is 0 Å². The standard InChI is InChI=1S/C17H19N3O5S3/c1-11(16(21)12-6-4-3-5-7-12)19-17-20-28(24,25)15-10-13(27(22,23)18-2)8-9-14(15)26-17/h3-11,16,18,21H,1-2H3,(H,19,20). The average Bonchev–Trinajstić information content (AvgIpc) is 2.67. The molecule has 2 aromatic rings. The summed E-state index contributed by atoms with van der Waals surface area (Å²) in [5.41, 5.74) is 0.672. The molecule has 0 aliphatic carbocycles. The number of benzene rings is 2. The van der Waals surface area contributed by atoms with E-state index in [-0.39, 0.29) is 15.0 Å². The molecule has 1 aliphatic heterocycles. The van der Waals surface area contributed by atoms with Crippen molar-refractivity contribution in [2.75, 3.05) is 7.05 Å². The average molecular weight is 442 g/mol. The molecule has 0 spiro atoms. The molecule has 0 saturated carbocycles. The van der Waals surface area contributed by atoms with Crippen LogP contribution in [-0.4, -0.2) is 40.2 Å². The van der Waals surface area contributed by atoms with Gasteiger partial charge in [0.05, 0.1) is 10.9 Å². The second-order valence-electron chi connectivity index (χ2n) is 6.05. The maximum atomic E-state index is 12.6. The van der Waals surface area contributed by atoms with E-state index in [2.05, 4.69) is 14.4 Å². The topological polar surface area (TPSA) is 125 Å². The van der Waals surface area contributed by atoms with Gasteiger partial charge in [-0.1, -0.05) is 42.1 Å². The first kappa shape index (κ1) is 20.8. The first-order chi connectivity index (χ1) is 13.1. The van der Waals surface area contributed by atoms with Crippen LogP contribution >= 0.6 is 11.8 Å². The Labute approximate surface area is 168 Å². The third-order valence-electron chi connectivity index (χ3n) is 4.13. The molecule has 0 saturated heterocycles. The molecular formula is C17H19N3O5S3. The summed E-state index contributed by atoms with van der Waals surface area (Å²) in [4.78, 5) is 4.38. The number of rotatable bonds is 5. The van der Waals surface area contributed by atoms with E-state index >= 15 is 0 Å². The summed E-state index contributed by atoms with van der Waals surface area (Å²) in [7, 11) is -6.51. The van der Waals surface area contributed by atoms with Gasteiger partial charge < -0.3 is 5.11 Å². The number of hydrogen-bond acceptors (Lipinski definition) is 7. The highest BCUT2D eigenvalue weighted by atomic mass is 32.2. The van der Waals surface area contributed by atoms with Crippen molar-refractivity contribution in [3.05, 3.63) is 54.1 Å². The van der Waals surface area contributed by atoms with Crippen LogP contribution in [0.2, 0.25) is 0 Å². The number of amidine groups is 1. The molecule has 3 rings (SSSR count). The van der Waals surface area contributed by atoms with E-state index in [0.29, 0.717) is 10.5 Å². The van der Waals surface area contributed by atoms with Crippen molar-refractivity contribution in [2.45, 2.75) is 33.8 Å². The Hall–Kier alpha value is -1.92. The molecule has 150 valence electrons. The van der Waals surface area contributed by atoms with Crippen molar-refractivity contribution in [2.24, 2.45) is 4.99 Å². The van der Waals surface area contributed by atoms with Gasteiger partial charge in [-0.3, -0.25) is 9.71 Å². The number of nitrogens with one attached hydrogen (secondary N) is 2. The Morgan fingerprint density at radius 3 is 2.50 bits per heavy atom. The molecule has 0 fully saturated rings. The Bertz CT molecular complexity index is 1120. The number of hydrogen-bond donors (Lipinski definition) is 3. The summed E-state index contributed by atoms with van der Waals surface area (Å²) in [5, 5.41) is 10.5. The SMILES string of the molecule is CNS(=O)(=O)c1ccc2c(c1)S(=O)(=O)NC(=NC(C)C(O)c1ccccc1)S2. The van der Waals surface area contributed by atoms with Gasteiger partial charge in [0.15, 0.2) is 5.17 Å². The van der Waals surface area contributed by atoms with E-state index in [0.717, 1.165) is 17.8 Å².